The first kappa shape index (κ1) is 9.47. The van der Waals surface area contributed by atoms with Crippen LogP contribution in [0.4, 0.5) is 0 Å². The van der Waals surface area contributed by atoms with E-state index in [1.165, 1.54) is 32.5 Å². The predicted molar refractivity (Wildman–Crippen MR) is 53.7 cm³/mol. The van der Waals surface area contributed by atoms with Crippen LogP contribution in [0.3, 0.4) is 0 Å². The molecule has 2 saturated heterocycles. The first-order chi connectivity index (χ1) is 6.25. The quantitative estimate of drug-likeness (QED) is 0.620. The number of epoxide rings is 1. The van der Waals surface area contributed by atoms with E-state index in [9.17, 15) is 0 Å². The maximum Gasteiger partial charge on any atom is 0.0936 e. The second-order valence-electron chi connectivity index (χ2n) is 4.84. The van der Waals surface area contributed by atoms with Crippen LogP contribution in [0.5, 0.6) is 0 Å². The highest BCUT2D eigenvalue weighted by Gasteiger charge is 2.28. The van der Waals surface area contributed by atoms with Crippen LogP contribution in [-0.4, -0.2) is 37.2 Å². The summed E-state index contributed by atoms with van der Waals surface area (Å²) in [5, 5.41) is 0. The van der Waals surface area contributed by atoms with E-state index in [2.05, 4.69) is 18.7 Å². The first-order valence-corrected chi connectivity index (χ1v) is 5.59. The van der Waals surface area contributed by atoms with Crippen molar-refractivity contribution in [3.05, 3.63) is 0 Å². The standard InChI is InChI=1S/C11H21NO/c1-9(2)10-3-5-12(6-4-10)7-11-8-13-11/h9-11H,3-8H2,1-2H3/t11-/m1/s1. The lowest BCUT2D eigenvalue weighted by atomic mass is 9.87. The fourth-order valence-electron chi connectivity index (χ4n) is 2.26. The predicted octanol–water partition coefficient (Wildman–Crippen LogP) is 1.75. The van der Waals surface area contributed by atoms with E-state index in [1.807, 2.05) is 0 Å². The van der Waals surface area contributed by atoms with Gasteiger partial charge in [-0.15, -0.1) is 0 Å². The van der Waals surface area contributed by atoms with Crippen molar-refractivity contribution < 1.29 is 4.74 Å². The zero-order valence-corrected chi connectivity index (χ0v) is 8.83. The summed E-state index contributed by atoms with van der Waals surface area (Å²) in [6.45, 7) is 9.48. The molecule has 0 radical (unpaired) electrons. The summed E-state index contributed by atoms with van der Waals surface area (Å²) in [5.41, 5.74) is 0. The normalized spacial score (nSPS) is 31.2. The highest BCUT2D eigenvalue weighted by Crippen LogP contribution is 2.25. The van der Waals surface area contributed by atoms with Crippen molar-refractivity contribution in [2.75, 3.05) is 26.2 Å². The lowest BCUT2D eigenvalue weighted by Crippen LogP contribution is -2.37. The molecular weight excluding hydrogens is 162 g/mol. The average Bonchev–Trinajstić information content (AvgIpc) is 2.89. The zero-order chi connectivity index (χ0) is 9.26. The van der Waals surface area contributed by atoms with Gasteiger partial charge in [0.2, 0.25) is 0 Å². The summed E-state index contributed by atoms with van der Waals surface area (Å²) < 4.78 is 5.24. The van der Waals surface area contributed by atoms with Crippen LogP contribution in [-0.2, 0) is 4.74 Å². The molecule has 2 nitrogen and oxygen atoms in total. The molecule has 1 atom stereocenters. The Morgan fingerprint density at radius 1 is 1.31 bits per heavy atom. The highest BCUT2D eigenvalue weighted by atomic mass is 16.6. The Kier molecular flexibility index (Phi) is 2.89. The Morgan fingerprint density at radius 2 is 1.92 bits per heavy atom. The van der Waals surface area contributed by atoms with Gasteiger partial charge in [-0.25, -0.2) is 0 Å². The number of hydrogen-bond acceptors (Lipinski definition) is 2. The van der Waals surface area contributed by atoms with Crippen LogP contribution in [0.25, 0.3) is 0 Å². The molecule has 0 aromatic carbocycles. The van der Waals surface area contributed by atoms with Gasteiger partial charge in [0.15, 0.2) is 0 Å². The highest BCUT2D eigenvalue weighted by molar-refractivity contribution is 4.79. The van der Waals surface area contributed by atoms with Crippen molar-refractivity contribution in [2.24, 2.45) is 11.8 Å². The molecule has 0 aromatic rings. The molecule has 2 aliphatic rings. The second-order valence-corrected chi connectivity index (χ2v) is 4.84. The third-order valence-electron chi connectivity index (χ3n) is 3.44. The van der Waals surface area contributed by atoms with E-state index in [0.717, 1.165) is 18.4 Å². The van der Waals surface area contributed by atoms with E-state index in [1.54, 1.807) is 0 Å². The molecular formula is C11H21NO. The lowest BCUT2D eigenvalue weighted by molar-refractivity contribution is 0.148. The molecule has 0 unspecified atom stereocenters. The van der Waals surface area contributed by atoms with E-state index in [4.69, 9.17) is 4.74 Å². The van der Waals surface area contributed by atoms with Gasteiger partial charge in [-0.3, -0.25) is 0 Å². The van der Waals surface area contributed by atoms with Gasteiger partial charge < -0.3 is 9.64 Å². The van der Waals surface area contributed by atoms with Crippen LogP contribution < -0.4 is 0 Å². The molecule has 2 fully saturated rings. The van der Waals surface area contributed by atoms with Gasteiger partial charge in [-0.1, -0.05) is 13.8 Å². The summed E-state index contributed by atoms with van der Waals surface area (Å²) in [4.78, 5) is 2.57. The molecule has 76 valence electrons. The minimum atomic E-state index is 0.579. The maximum atomic E-state index is 5.24. The number of hydrogen-bond donors (Lipinski definition) is 0. The van der Waals surface area contributed by atoms with Gasteiger partial charge in [-0.05, 0) is 37.8 Å². The van der Waals surface area contributed by atoms with Gasteiger partial charge in [0.25, 0.3) is 0 Å². The molecule has 0 spiro atoms. The Morgan fingerprint density at radius 3 is 2.38 bits per heavy atom. The monoisotopic (exact) mass is 183 g/mol. The zero-order valence-electron chi connectivity index (χ0n) is 8.83. The summed E-state index contributed by atoms with van der Waals surface area (Å²) in [7, 11) is 0. The molecule has 2 rings (SSSR count). The summed E-state index contributed by atoms with van der Waals surface area (Å²) in [6, 6.07) is 0. The Hall–Kier alpha value is -0.0800. The largest absolute Gasteiger partial charge is 0.372 e. The van der Waals surface area contributed by atoms with Crippen LogP contribution in [0.1, 0.15) is 26.7 Å². The fraction of sp³-hybridized carbons (Fsp3) is 1.00. The number of ether oxygens (including phenoxy) is 1. The maximum absolute atomic E-state index is 5.24. The van der Waals surface area contributed by atoms with Crippen LogP contribution in [0, 0.1) is 11.8 Å². The topological polar surface area (TPSA) is 15.8 Å². The Balaban J connectivity index is 1.69. The van der Waals surface area contributed by atoms with Crippen molar-refractivity contribution in [3.8, 4) is 0 Å². The van der Waals surface area contributed by atoms with Crippen molar-refractivity contribution >= 4 is 0 Å². The Bertz CT molecular complexity index is 157. The van der Waals surface area contributed by atoms with Gasteiger partial charge in [0.05, 0.1) is 12.7 Å². The number of likely N-dealkylation sites (tertiary alicyclic amines) is 1. The van der Waals surface area contributed by atoms with Gasteiger partial charge in [0, 0.05) is 6.54 Å². The van der Waals surface area contributed by atoms with Crippen molar-refractivity contribution in [1.82, 2.24) is 4.90 Å². The third-order valence-corrected chi connectivity index (χ3v) is 3.44. The van der Waals surface area contributed by atoms with Crippen LogP contribution >= 0.6 is 0 Å². The lowest BCUT2D eigenvalue weighted by Gasteiger charge is -2.33. The minimum absolute atomic E-state index is 0.579. The average molecular weight is 183 g/mol. The fourth-order valence-corrected chi connectivity index (χ4v) is 2.26. The van der Waals surface area contributed by atoms with E-state index in [0.29, 0.717) is 6.10 Å². The van der Waals surface area contributed by atoms with E-state index >= 15 is 0 Å². The smallest absolute Gasteiger partial charge is 0.0936 e. The minimum Gasteiger partial charge on any atom is -0.372 e. The van der Waals surface area contributed by atoms with Crippen molar-refractivity contribution in [2.45, 2.75) is 32.8 Å². The molecule has 2 heterocycles. The molecule has 0 aliphatic carbocycles. The summed E-state index contributed by atoms with van der Waals surface area (Å²) >= 11 is 0. The first-order valence-electron chi connectivity index (χ1n) is 5.59. The second kappa shape index (κ2) is 3.97. The molecule has 2 aliphatic heterocycles. The summed E-state index contributed by atoms with van der Waals surface area (Å²) in [6.07, 6.45) is 3.37. The SMILES string of the molecule is CC(C)C1CCN(C[C@@H]2CO2)CC1. The number of nitrogens with zero attached hydrogens (tertiary/aromatic N) is 1. The molecule has 0 bridgehead atoms. The van der Waals surface area contributed by atoms with Gasteiger partial charge in [0.1, 0.15) is 0 Å². The number of piperidine rings is 1. The molecule has 2 heteroatoms. The van der Waals surface area contributed by atoms with E-state index in [-0.39, 0.29) is 0 Å². The molecule has 0 saturated carbocycles. The van der Waals surface area contributed by atoms with Crippen molar-refractivity contribution in [1.29, 1.82) is 0 Å². The molecule has 0 amide bonds. The molecule has 0 aromatic heterocycles. The summed E-state index contributed by atoms with van der Waals surface area (Å²) in [5.74, 6) is 1.84. The molecule has 0 N–H and O–H groups in total. The van der Waals surface area contributed by atoms with Crippen LogP contribution in [0.2, 0.25) is 0 Å². The van der Waals surface area contributed by atoms with Gasteiger partial charge in [-0.2, -0.15) is 0 Å². The number of rotatable bonds is 3. The Labute approximate surface area is 81.3 Å². The van der Waals surface area contributed by atoms with Crippen molar-refractivity contribution in [3.63, 3.8) is 0 Å². The van der Waals surface area contributed by atoms with Crippen LogP contribution in [0.15, 0.2) is 0 Å². The molecule has 13 heavy (non-hydrogen) atoms. The van der Waals surface area contributed by atoms with Gasteiger partial charge >= 0.3 is 0 Å². The van der Waals surface area contributed by atoms with E-state index < -0.39 is 0 Å². The third kappa shape index (κ3) is 2.68.